The summed E-state index contributed by atoms with van der Waals surface area (Å²) in [7, 11) is 0. The number of hydrogen-bond donors (Lipinski definition) is 0. The molecule has 0 aromatic heterocycles. The van der Waals surface area contributed by atoms with E-state index in [0.717, 1.165) is 0 Å². The third-order valence-electron chi connectivity index (χ3n) is 1.25. The molecule has 0 amide bonds. The number of hydrogen-bond acceptors (Lipinski definition) is 2. The molecule has 0 radical (unpaired) electrons. The Labute approximate surface area is 55.5 Å². The molecule has 1 rings (SSSR count). The Balaban J connectivity index is 2.39. The van der Waals surface area contributed by atoms with Crippen molar-refractivity contribution in [2.45, 2.75) is 26.1 Å². The highest BCUT2D eigenvalue weighted by molar-refractivity contribution is 4.83. The van der Waals surface area contributed by atoms with Crippen molar-refractivity contribution in [1.82, 2.24) is 0 Å². The van der Waals surface area contributed by atoms with E-state index in [1.165, 1.54) is 0 Å². The first kappa shape index (κ1) is 6.62. The van der Waals surface area contributed by atoms with Gasteiger partial charge in [0.05, 0.1) is 19.0 Å². The molecule has 1 aliphatic rings. The second-order valence-electron chi connectivity index (χ2n) is 2.31. The molecule has 0 aromatic carbocycles. The Morgan fingerprint density at radius 3 is 3.00 bits per heavy atom. The fourth-order valence-electron chi connectivity index (χ4n) is 0.672. The SMILES string of the molecule is C[C@@H]1C=CO[C@H](C)CO1. The zero-order valence-corrected chi connectivity index (χ0v) is 5.83. The number of ether oxygens (including phenoxy) is 2. The molecule has 0 aromatic rings. The van der Waals surface area contributed by atoms with Crippen molar-refractivity contribution in [3.8, 4) is 0 Å². The zero-order valence-electron chi connectivity index (χ0n) is 5.83. The molecule has 0 fully saturated rings. The van der Waals surface area contributed by atoms with E-state index in [1.54, 1.807) is 6.26 Å². The highest BCUT2D eigenvalue weighted by Gasteiger charge is 2.06. The van der Waals surface area contributed by atoms with Gasteiger partial charge in [0.15, 0.2) is 0 Å². The van der Waals surface area contributed by atoms with Crippen LogP contribution >= 0.6 is 0 Å². The van der Waals surface area contributed by atoms with Gasteiger partial charge in [0.25, 0.3) is 0 Å². The molecule has 0 unspecified atom stereocenters. The van der Waals surface area contributed by atoms with Gasteiger partial charge in [-0.25, -0.2) is 0 Å². The Morgan fingerprint density at radius 1 is 1.44 bits per heavy atom. The van der Waals surface area contributed by atoms with Crippen LogP contribution in [0.2, 0.25) is 0 Å². The standard InChI is InChI=1S/C7H12O2/c1-6-3-4-8-7(2)5-9-6/h3-4,6-7H,5H2,1-2H3/t6-,7-/m1/s1. The lowest BCUT2D eigenvalue weighted by Gasteiger charge is -2.08. The average molecular weight is 128 g/mol. The van der Waals surface area contributed by atoms with E-state index in [2.05, 4.69) is 0 Å². The number of rotatable bonds is 0. The Hall–Kier alpha value is -0.500. The zero-order chi connectivity index (χ0) is 6.69. The maximum atomic E-state index is 5.30. The van der Waals surface area contributed by atoms with Gasteiger partial charge in [0, 0.05) is 0 Å². The van der Waals surface area contributed by atoms with Crippen LogP contribution in [0.25, 0.3) is 0 Å². The normalized spacial score (nSPS) is 35.3. The molecule has 0 aliphatic carbocycles. The van der Waals surface area contributed by atoms with Crippen molar-refractivity contribution in [2.24, 2.45) is 0 Å². The lowest BCUT2D eigenvalue weighted by Crippen LogP contribution is -2.13. The van der Waals surface area contributed by atoms with Crippen LogP contribution in [0.5, 0.6) is 0 Å². The van der Waals surface area contributed by atoms with Crippen LogP contribution in [-0.4, -0.2) is 18.8 Å². The molecule has 1 aliphatic heterocycles. The molecule has 0 saturated heterocycles. The molecular formula is C7H12O2. The second-order valence-corrected chi connectivity index (χ2v) is 2.31. The summed E-state index contributed by atoms with van der Waals surface area (Å²) in [6, 6.07) is 0. The molecule has 2 nitrogen and oxygen atoms in total. The molecule has 2 heteroatoms. The minimum Gasteiger partial charge on any atom is -0.496 e. The Bertz CT molecular complexity index is 109. The average Bonchev–Trinajstić information content (AvgIpc) is 1.97. The summed E-state index contributed by atoms with van der Waals surface area (Å²) < 4.78 is 10.5. The van der Waals surface area contributed by atoms with Gasteiger partial charge in [-0.05, 0) is 19.9 Å². The van der Waals surface area contributed by atoms with Gasteiger partial charge < -0.3 is 9.47 Å². The van der Waals surface area contributed by atoms with Crippen molar-refractivity contribution in [1.29, 1.82) is 0 Å². The topological polar surface area (TPSA) is 18.5 Å². The molecule has 2 atom stereocenters. The molecular weight excluding hydrogens is 116 g/mol. The van der Waals surface area contributed by atoms with Crippen molar-refractivity contribution >= 4 is 0 Å². The van der Waals surface area contributed by atoms with Crippen molar-refractivity contribution < 1.29 is 9.47 Å². The van der Waals surface area contributed by atoms with E-state index in [9.17, 15) is 0 Å². The summed E-state index contributed by atoms with van der Waals surface area (Å²) >= 11 is 0. The summed E-state index contributed by atoms with van der Waals surface area (Å²) in [5, 5.41) is 0. The third kappa shape index (κ3) is 2.06. The smallest absolute Gasteiger partial charge is 0.118 e. The lowest BCUT2D eigenvalue weighted by atomic mass is 10.4. The quantitative estimate of drug-likeness (QED) is 0.490. The van der Waals surface area contributed by atoms with Gasteiger partial charge in [0.2, 0.25) is 0 Å². The fraction of sp³-hybridized carbons (Fsp3) is 0.714. The maximum Gasteiger partial charge on any atom is 0.118 e. The molecule has 52 valence electrons. The van der Waals surface area contributed by atoms with Gasteiger partial charge in [-0.3, -0.25) is 0 Å². The molecule has 0 N–H and O–H groups in total. The first-order valence-electron chi connectivity index (χ1n) is 3.23. The Kier molecular flexibility index (Phi) is 2.11. The van der Waals surface area contributed by atoms with E-state index < -0.39 is 0 Å². The first-order valence-corrected chi connectivity index (χ1v) is 3.23. The fourth-order valence-corrected chi connectivity index (χ4v) is 0.672. The molecule has 0 spiro atoms. The van der Waals surface area contributed by atoms with Gasteiger partial charge in [-0.2, -0.15) is 0 Å². The van der Waals surface area contributed by atoms with Crippen LogP contribution in [-0.2, 0) is 9.47 Å². The summed E-state index contributed by atoms with van der Waals surface area (Å²) in [5.74, 6) is 0. The lowest BCUT2D eigenvalue weighted by molar-refractivity contribution is 0.0342. The minimum absolute atomic E-state index is 0.200. The largest absolute Gasteiger partial charge is 0.496 e. The van der Waals surface area contributed by atoms with Crippen LogP contribution in [0, 0.1) is 0 Å². The maximum absolute atomic E-state index is 5.30. The Morgan fingerprint density at radius 2 is 2.22 bits per heavy atom. The van der Waals surface area contributed by atoms with Crippen molar-refractivity contribution in [3.63, 3.8) is 0 Å². The summed E-state index contributed by atoms with van der Waals surface area (Å²) in [6.45, 7) is 4.68. The van der Waals surface area contributed by atoms with Crippen LogP contribution in [0.1, 0.15) is 13.8 Å². The van der Waals surface area contributed by atoms with E-state index in [1.807, 2.05) is 19.9 Å². The van der Waals surface area contributed by atoms with E-state index in [-0.39, 0.29) is 12.2 Å². The van der Waals surface area contributed by atoms with Crippen molar-refractivity contribution in [3.05, 3.63) is 12.3 Å². The molecule has 0 saturated carbocycles. The molecule has 9 heavy (non-hydrogen) atoms. The first-order chi connectivity index (χ1) is 4.29. The predicted octanol–water partition coefficient (Wildman–Crippen LogP) is 1.32. The minimum atomic E-state index is 0.200. The summed E-state index contributed by atoms with van der Waals surface area (Å²) in [5.41, 5.74) is 0. The summed E-state index contributed by atoms with van der Waals surface area (Å²) in [4.78, 5) is 0. The highest BCUT2D eigenvalue weighted by atomic mass is 16.5. The van der Waals surface area contributed by atoms with Gasteiger partial charge in [0.1, 0.15) is 6.10 Å². The second kappa shape index (κ2) is 2.87. The van der Waals surface area contributed by atoms with E-state index in [0.29, 0.717) is 6.61 Å². The van der Waals surface area contributed by atoms with Crippen LogP contribution in [0.4, 0.5) is 0 Å². The molecule has 0 bridgehead atoms. The van der Waals surface area contributed by atoms with Gasteiger partial charge in [-0.15, -0.1) is 0 Å². The third-order valence-corrected chi connectivity index (χ3v) is 1.25. The van der Waals surface area contributed by atoms with E-state index in [4.69, 9.17) is 9.47 Å². The van der Waals surface area contributed by atoms with E-state index >= 15 is 0 Å². The highest BCUT2D eigenvalue weighted by Crippen LogP contribution is 2.03. The van der Waals surface area contributed by atoms with Gasteiger partial charge in [-0.1, -0.05) is 0 Å². The van der Waals surface area contributed by atoms with Crippen LogP contribution in [0.15, 0.2) is 12.3 Å². The van der Waals surface area contributed by atoms with Crippen LogP contribution < -0.4 is 0 Å². The van der Waals surface area contributed by atoms with Crippen molar-refractivity contribution in [2.75, 3.05) is 6.61 Å². The summed E-state index contributed by atoms with van der Waals surface area (Å²) in [6.07, 6.45) is 4.02. The monoisotopic (exact) mass is 128 g/mol. The predicted molar refractivity (Wildman–Crippen MR) is 35.1 cm³/mol. The van der Waals surface area contributed by atoms with Crippen LogP contribution in [0.3, 0.4) is 0 Å². The molecule has 1 heterocycles. The van der Waals surface area contributed by atoms with Gasteiger partial charge >= 0.3 is 0 Å².